The van der Waals surface area contributed by atoms with E-state index in [4.69, 9.17) is 0 Å². The maximum Gasteiger partial charge on any atom is 0.0860 e. The minimum absolute atomic E-state index is 0.0693. The molecule has 0 fully saturated rings. The maximum atomic E-state index is 4.35. The zero-order valence-electron chi connectivity index (χ0n) is 14.5. The Kier molecular flexibility index (Phi) is 5.21. The first-order chi connectivity index (χ1) is 13.3. The molecule has 0 amide bonds. The van der Waals surface area contributed by atoms with E-state index in [-0.39, 0.29) is 6.04 Å². The normalized spacial score (nSPS) is 11.7. The van der Waals surface area contributed by atoms with Gasteiger partial charge in [-0.3, -0.25) is 15.0 Å². The monoisotopic (exact) mass is 416 g/mol. The summed E-state index contributed by atoms with van der Waals surface area (Å²) in [5, 5.41) is 0. The van der Waals surface area contributed by atoms with Gasteiger partial charge in [0, 0.05) is 29.3 Å². The smallest absolute Gasteiger partial charge is 0.0860 e. The molecule has 0 radical (unpaired) electrons. The van der Waals surface area contributed by atoms with Crippen molar-refractivity contribution in [1.29, 1.82) is 0 Å². The summed E-state index contributed by atoms with van der Waals surface area (Å²) in [6.45, 7) is 0. The molecular weight excluding hydrogens is 400 g/mol. The summed E-state index contributed by atoms with van der Waals surface area (Å²) in [4.78, 5) is 15.2. The van der Waals surface area contributed by atoms with Crippen LogP contribution in [0.25, 0.3) is 0 Å². The van der Waals surface area contributed by atoms with Crippen LogP contribution in [-0.2, 0) is 0 Å². The molecule has 1 atom stereocenters. The second-order valence-corrected chi connectivity index (χ2v) is 6.95. The summed E-state index contributed by atoms with van der Waals surface area (Å²) in [6, 6.07) is 20.4. The molecular formula is C22H17BrN4. The first-order valence-electron chi connectivity index (χ1n) is 8.57. The summed E-state index contributed by atoms with van der Waals surface area (Å²) in [5.74, 6) is 0. The lowest BCUT2D eigenvalue weighted by Crippen LogP contribution is -2.25. The summed E-state index contributed by atoms with van der Waals surface area (Å²) >= 11 is 3.53. The Bertz CT molecular complexity index is 937. The van der Waals surface area contributed by atoms with E-state index in [0.29, 0.717) is 0 Å². The third-order valence-electron chi connectivity index (χ3n) is 4.29. The minimum atomic E-state index is -0.0693. The van der Waals surface area contributed by atoms with Crippen molar-refractivity contribution in [1.82, 2.24) is 15.0 Å². The van der Waals surface area contributed by atoms with Gasteiger partial charge in [-0.15, -0.1) is 0 Å². The van der Waals surface area contributed by atoms with E-state index in [2.05, 4.69) is 78.2 Å². The Morgan fingerprint density at radius 1 is 0.630 bits per heavy atom. The van der Waals surface area contributed by atoms with E-state index in [9.17, 15) is 0 Å². The number of benzene rings is 1. The number of hydrogen-bond acceptors (Lipinski definition) is 4. The third-order valence-corrected chi connectivity index (χ3v) is 4.82. The molecule has 0 spiro atoms. The van der Waals surface area contributed by atoms with Crippen molar-refractivity contribution in [2.75, 3.05) is 4.90 Å². The summed E-state index contributed by atoms with van der Waals surface area (Å²) in [6.07, 6.45) is 11.0. The molecule has 0 saturated carbocycles. The van der Waals surface area contributed by atoms with E-state index >= 15 is 0 Å². The Hall–Kier alpha value is -3.05. The molecule has 4 nitrogen and oxygen atoms in total. The molecule has 1 unspecified atom stereocenters. The molecule has 5 heteroatoms. The van der Waals surface area contributed by atoms with Crippen LogP contribution in [0, 0.1) is 0 Å². The van der Waals surface area contributed by atoms with Crippen molar-refractivity contribution in [3.63, 3.8) is 0 Å². The van der Waals surface area contributed by atoms with Crippen LogP contribution in [0.1, 0.15) is 17.2 Å². The van der Waals surface area contributed by atoms with Gasteiger partial charge in [0.15, 0.2) is 0 Å². The largest absolute Gasteiger partial charge is 0.327 e. The van der Waals surface area contributed by atoms with Gasteiger partial charge in [-0.1, -0.05) is 34.1 Å². The van der Waals surface area contributed by atoms with Gasteiger partial charge in [-0.05, 0) is 53.6 Å². The number of pyridine rings is 3. The van der Waals surface area contributed by atoms with Gasteiger partial charge in [0.25, 0.3) is 0 Å². The highest BCUT2D eigenvalue weighted by Crippen LogP contribution is 2.38. The number of anilines is 2. The second kappa shape index (κ2) is 8.10. The Balaban J connectivity index is 1.93. The lowest BCUT2D eigenvalue weighted by molar-refractivity contribution is 0.809. The lowest BCUT2D eigenvalue weighted by Gasteiger charge is -2.34. The number of nitrogens with zero attached hydrogens (tertiary/aromatic N) is 4. The fourth-order valence-electron chi connectivity index (χ4n) is 3.11. The second-order valence-electron chi connectivity index (χ2n) is 6.03. The highest BCUT2D eigenvalue weighted by molar-refractivity contribution is 9.10. The van der Waals surface area contributed by atoms with Gasteiger partial charge in [0.2, 0.25) is 0 Å². The highest BCUT2D eigenvalue weighted by atomic mass is 79.9. The van der Waals surface area contributed by atoms with Gasteiger partial charge in [-0.2, -0.15) is 0 Å². The summed E-state index contributed by atoms with van der Waals surface area (Å²) in [7, 11) is 0. The van der Waals surface area contributed by atoms with Crippen LogP contribution in [0.2, 0.25) is 0 Å². The molecule has 3 aromatic heterocycles. The topological polar surface area (TPSA) is 41.9 Å². The molecule has 0 aliphatic heterocycles. The minimum Gasteiger partial charge on any atom is -0.327 e. The molecule has 0 saturated heterocycles. The molecule has 0 bridgehead atoms. The fourth-order valence-corrected chi connectivity index (χ4v) is 3.38. The number of aromatic nitrogens is 3. The van der Waals surface area contributed by atoms with Crippen LogP contribution in [0.5, 0.6) is 0 Å². The van der Waals surface area contributed by atoms with Crippen molar-refractivity contribution in [2.45, 2.75) is 6.04 Å². The van der Waals surface area contributed by atoms with Crippen molar-refractivity contribution >= 4 is 27.3 Å². The molecule has 0 aliphatic carbocycles. The van der Waals surface area contributed by atoms with Gasteiger partial charge >= 0.3 is 0 Å². The van der Waals surface area contributed by atoms with Crippen molar-refractivity contribution in [3.8, 4) is 0 Å². The van der Waals surface area contributed by atoms with E-state index in [1.54, 1.807) is 18.6 Å². The Morgan fingerprint density at radius 3 is 1.67 bits per heavy atom. The number of hydrogen-bond donors (Lipinski definition) is 0. The first-order valence-corrected chi connectivity index (χ1v) is 9.37. The molecule has 4 rings (SSSR count). The van der Waals surface area contributed by atoms with Crippen LogP contribution in [-0.4, -0.2) is 15.0 Å². The van der Waals surface area contributed by atoms with Crippen molar-refractivity contribution in [3.05, 3.63) is 113 Å². The summed E-state index contributed by atoms with van der Waals surface area (Å²) in [5.41, 5.74) is 4.22. The van der Waals surface area contributed by atoms with Gasteiger partial charge in [0.1, 0.15) is 0 Å². The number of rotatable bonds is 5. The SMILES string of the molecule is Brc1ccc(C(c2cccnc2)N(c2cccnc2)c2cccnc2)cc1. The zero-order valence-corrected chi connectivity index (χ0v) is 16.1. The maximum absolute atomic E-state index is 4.35. The Labute approximate surface area is 166 Å². The third kappa shape index (κ3) is 3.88. The molecule has 0 N–H and O–H groups in total. The molecule has 27 heavy (non-hydrogen) atoms. The quantitative estimate of drug-likeness (QED) is 0.426. The summed E-state index contributed by atoms with van der Waals surface area (Å²) < 4.78 is 1.05. The van der Waals surface area contributed by atoms with Crippen molar-refractivity contribution in [2.24, 2.45) is 0 Å². The van der Waals surface area contributed by atoms with Crippen LogP contribution >= 0.6 is 15.9 Å². The highest BCUT2D eigenvalue weighted by Gasteiger charge is 2.25. The zero-order chi connectivity index (χ0) is 18.5. The van der Waals surface area contributed by atoms with Crippen molar-refractivity contribution < 1.29 is 0 Å². The molecule has 132 valence electrons. The average molecular weight is 417 g/mol. The lowest BCUT2D eigenvalue weighted by atomic mass is 9.97. The average Bonchev–Trinajstić information content (AvgIpc) is 2.75. The predicted octanol–water partition coefficient (Wildman–Crippen LogP) is 5.56. The van der Waals surface area contributed by atoms with Gasteiger partial charge in [0.05, 0.1) is 29.8 Å². The van der Waals surface area contributed by atoms with Crippen LogP contribution in [0.15, 0.2) is 102 Å². The van der Waals surface area contributed by atoms with E-state index in [1.807, 2.05) is 36.8 Å². The molecule has 0 aliphatic rings. The number of halogens is 1. The fraction of sp³-hybridized carbons (Fsp3) is 0.0455. The van der Waals surface area contributed by atoms with Crippen LogP contribution in [0.3, 0.4) is 0 Å². The van der Waals surface area contributed by atoms with E-state index < -0.39 is 0 Å². The van der Waals surface area contributed by atoms with Gasteiger partial charge < -0.3 is 4.90 Å². The standard InChI is InChI=1S/C22H17BrN4/c23-19-9-7-17(8-10-19)22(18-4-1-11-24-14-18)27(20-5-2-12-25-15-20)21-6-3-13-26-16-21/h1-16,22H. The first kappa shape index (κ1) is 17.4. The molecule has 3 heterocycles. The van der Waals surface area contributed by atoms with E-state index in [1.165, 1.54) is 0 Å². The van der Waals surface area contributed by atoms with E-state index in [0.717, 1.165) is 27.0 Å². The van der Waals surface area contributed by atoms with Crippen LogP contribution in [0.4, 0.5) is 11.4 Å². The molecule has 4 aromatic rings. The Morgan fingerprint density at radius 2 is 1.19 bits per heavy atom. The van der Waals surface area contributed by atoms with Gasteiger partial charge in [-0.25, -0.2) is 0 Å². The van der Waals surface area contributed by atoms with Crippen LogP contribution < -0.4 is 4.90 Å². The predicted molar refractivity (Wildman–Crippen MR) is 111 cm³/mol. The molecule has 1 aromatic carbocycles.